The number of amides is 2. The van der Waals surface area contributed by atoms with Crippen molar-refractivity contribution in [2.75, 3.05) is 18.1 Å². The molecule has 2 amide bonds. The molecule has 2 aliphatic heterocycles. The minimum Gasteiger partial charge on any atom is -0.493 e. The van der Waals surface area contributed by atoms with Crippen LogP contribution in [0.1, 0.15) is 18.4 Å². The summed E-state index contributed by atoms with van der Waals surface area (Å²) in [5.74, 6) is -1.49. The van der Waals surface area contributed by atoms with E-state index in [4.69, 9.17) is 4.74 Å². The zero-order chi connectivity index (χ0) is 20.6. The highest BCUT2D eigenvalue weighted by Gasteiger charge is 2.33. The van der Waals surface area contributed by atoms with E-state index in [0.717, 1.165) is 5.56 Å². The van der Waals surface area contributed by atoms with E-state index in [2.05, 4.69) is 4.72 Å². The lowest BCUT2D eigenvalue weighted by molar-refractivity contribution is -0.126. The predicted molar refractivity (Wildman–Crippen MR) is 102 cm³/mol. The monoisotopic (exact) mass is 418 g/mol. The first-order valence-electron chi connectivity index (χ1n) is 9.22. The number of anilines is 1. The van der Waals surface area contributed by atoms with E-state index in [1.165, 1.54) is 35.2 Å². The quantitative estimate of drug-likeness (QED) is 0.820. The number of benzene rings is 2. The van der Waals surface area contributed by atoms with Crippen LogP contribution in [0.5, 0.6) is 5.75 Å². The molecule has 1 saturated heterocycles. The fourth-order valence-corrected chi connectivity index (χ4v) is 4.65. The van der Waals surface area contributed by atoms with Crippen LogP contribution in [0.25, 0.3) is 0 Å². The van der Waals surface area contributed by atoms with Crippen molar-refractivity contribution in [3.63, 3.8) is 0 Å². The minimum atomic E-state index is -4.05. The molecular weight excluding hydrogens is 399 g/mol. The number of sulfonamides is 1. The zero-order valence-electron chi connectivity index (χ0n) is 15.4. The van der Waals surface area contributed by atoms with Crippen molar-refractivity contribution in [2.45, 2.75) is 24.2 Å². The topological polar surface area (TPSA) is 92.8 Å². The summed E-state index contributed by atoms with van der Waals surface area (Å²) < 4.78 is 46.3. The molecule has 0 radical (unpaired) electrons. The third-order valence-corrected chi connectivity index (χ3v) is 6.45. The van der Waals surface area contributed by atoms with Gasteiger partial charge < -0.3 is 9.64 Å². The standard InChI is InChI=1S/C20H19FN2O5S/c21-15-2-1-3-16(11-15)23-12-14(4-7-19(23)24)20(25)22-29(26,27)17-5-6-18-13(10-17)8-9-28-18/h1-3,5-6,10-11,14H,4,7-9,12H2,(H,22,25). The largest absolute Gasteiger partial charge is 0.493 e. The Morgan fingerprint density at radius 2 is 2.00 bits per heavy atom. The van der Waals surface area contributed by atoms with Gasteiger partial charge in [0.25, 0.3) is 10.0 Å². The van der Waals surface area contributed by atoms with Gasteiger partial charge in [-0.05, 0) is 48.4 Å². The smallest absolute Gasteiger partial charge is 0.264 e. The van der Waals surface area contributed by atoms with Crippen LogP contribution in [-0.4, -0.2) is 33.4 Å². The van der Waals surface area contributed by atoms with Crippen LogP contribution in [0.2, 0.25) is 0 Å². The number of ether oxygens (including phenoxy) is 1. The van der Waals surface area contributed by atoms with Crippen molar-refractivity contribution >= 4 is 27.5 Å². The number of halogens is 1. The van der Waals surface area contributed by atoms with E-state index >= 15 is 0 Å². The van der Waals surface area contributed by atoms with Crippen LogP contribution < -0.4 is 14.4 Å². The van der Waals surface area contributed by atoms with E-state index < -0.39 is 27.7 Å². The van der Waals surface area contributed by atoms with E-state index in [0.29, 0.717) is 24.5 Å². The molecule has 0 aliphatic carbocycles. The third-order valence-electron chi connectivity index (χ3n) is 5.11. The van der Waals surface area contributed by atoms with Gasteiger partial charge in [0.2, 0.25) is 11.8 Å². The number of nitrogens with zero attached hydrogens (tertiary/aromatic N) is 1. The molecular formula is C20H19FN2O5S. The van der Waals surface area contributed by atoms with Crippen LogP contribution in [0, 0.1) is 11.7 Å². The first-order valence-corrected chi connectivity index (χ1v) is 10.7. The van der Waals surface area contributed by atoms with Crippen LogP contribution >= 0.6 is 0 Å². The molecule has 0 saturated carbocycles. The van der Waals surface area contributed by atoms with Crippen molar-refractivity contribution in [3.05, 3.63) is 53.8 Å². The first kappa shape index (κ1) is 19.4. The summed E-state index contributed by atoms with van der Waals surface area (Å²) in [6.45, 7) is 0.485. The number of piperidine rings is 1. The molecule has 9 heteroatoms. The second-order valence-corrected chi connectivity index (χ2v) is 8.74. The summed E-state index contributed by atoms with van der Waals surface area (Å²) in [5.41, 5.74) is 1.12. The first-order chi connectivity index (χ1) is 13.8. The number of carbonyl (C=O) groups is 2. The van der Waals surface area contributed by atoms with Gasteiger partial charge >= 0.3 is 0 Å². The van der Waals surface area contributed by atoms with Gasteiger partial charge in [-0.1, -0.05) is 6.07 Å². The molecule has 2 aliphatic rings. The molecule has 0 aromatic heterocycles. The molecule has 0 spiro atoms. The molecule has 0 bridgehead atoms. The predicted octanol–water partition coefficient (Wildman–Crippen LogP) is 2.01. The van der Waals surface area contributed by atoms with Gasteiger partial charge in [-0.3, -0.25) is 9.59 Å². The normalized spacial score (nSPS) is 18.9. The van der Waals surface area contributed by atoms with Crippen LogP contribution in [-0.2, 0) is 26.0 Å². The average molecular weight is 418 g/mol. The number of hydrogen-bond acceptors (Lipinski definition) is 5. The van der Waals surface area contributed by atoms with E-state index in [1.54, 1.807) is 12.1 Å². The average Bonchev–Trinajstić information content (AvgIpc) is 3.16. The van der Waals surface area contributed by atoms with Crippen molar-refractivity contribution in [2.24, 2.45) is 5.92 Å². The van der Waals surface area contributed by atoms with Crippen LogP contribution in [0.4, 0.5) is 10.1 Å². The summed E-state index contributed by atoms with van der Waals surface area (Å²) in [4.78, 5) is 26.2. The Morgan fingerprint density at radius 1 is 1.17 bits per heavy atom. The maximum Gasteiger partial charge on any atom is 0.264 e. The summed E-state index contributed by atoms with van der Waals surface area (Å²) in [7, 11) is -4.05. The van der Waals surface area contributed by atoms with Gasteiger partial charge in [0.05, 0.1) is 17.4 Å². The Hall–Kier alpha value is -2.94. The molecule has 2 aromatic rings. The number of nitrogens with one attached hydrogen (secondary N) is 1. The summed E-state index contributed by atoms with van der Waals surface area (Å²) in [6, 6.07) is 9.99. The maximum absolute atomic E-state index is 13.5. The second-order valence-electron chi connectivity index (χ2n) is 7.06. The molecule has 152 valence electrons. The van der Waals surface area contributed by atoms with E-state index in [9.17, 15) is 22.4 Å². The number of fused-ring (bicyclic) bond motifs is 1. The molecule has 1 N–H and O–H groups in total. The maximum atomic E-state index is 13.5. The Labute approximate surface area is 167 Å². The zero-order valence-corrected chi connectivity index (χ0v) is 16.2. The fraction of sp³-hybridized carbons (Fsp3) is 0.300. The van der Waals surface area contributed by atoms with Crippen LogP contribution in [0.15, 0.2) is 47.4 Å². The molecule has 2 heterocycles. The van der Waals surface area contributed by atoms with Crippen molar-refractivity contribution < 1.29 is 27.1 Å². The number of carbonyl (C=O) groups excluding carboxylic acids is 2. The van der Waals surface area contributed by atoms with E-state index in [1.807, 2.05) is 0 Å². The van der Waals surface area contributed by atoms with Gasteiger partial charge in [0, 0.05) is 25.1 Å². The Kier molecular flexibility index (Phi) is 4.99. The molecule has 4 rings (SSSR count). The lowest BCUT2D eigenvalue weighted by Crippen LogP contribution is -2.47. The molecule has 1 atom stereocenters. The Bertz CT molecular complexity index is 1090. The Morgan fingerprint density at radius 3 is 2.79 bits per heavy atom. The van der Waals surface area contributed by atoms with Crippen molar-refractivity contribution in [1.29, 1.82) is 0 Å². The second kappa shape index (κ2) is 7.47. The SMILES string of the molecule is O=C(NS(=O)(=O)c1ccc2c(c1)CCO2)C1CCC(=O)N(c2cccc(F)c2)C1. The van der Waals surface area contributed by atoms with Gasteiger partial charge in [-0.2, -0.15) is 0 Å². The number of rotatable bonds is 4. The lowest BCUT2D eigenvalue weighted by Gasteiger charge is -2.31. The Balaban J connectivity index is 1.49. The highest BCUT2D eigenvalue weighted by Crippen LogP contribution is 2.28. The van der Waals surface area contributed by atoms with Gasteiger partial charge in [-0.15, -0.1) is 0 Å². The molecule has 2 aromatic carbocycles. The molecule has 1 fully saturated rings. The van der Waals surface area contributed by atoms with Crippen molar-refractivity contribution in [3.8, 4) is 5.75 Å². The highest BCUT2D eigenvalue weighted by molar-refractivity contribution is 7.90. The summed E-state index contributed by atoms with van der Waals surface area (Å²) in [5, 5.41) is 0. The molecule has 1 unspecified atom stereocenters. The highest BCUT2D eigenvalue weighted by atomic mass is 32.2. The van der Waals surface area contributed by atoms with Gasteiger partial charge in [0.1, 0.15) is 11.6 Å². The van der Waals surface area contributed by atoms with Gasteiger partial charge in [-0.25, -0.2) is 17.5 Å². The van der Waals surface area contributed by atoms with Crippen LogP contribution in [0.3, 0.4) is 0 Å². The number of hydrogen-bond donors (Lipinski definition) is 1. The minimum absolute atomic E-state index is 0.0102. The van der Waals surface area contributed by atoms with E-state index in [-0.39, 0.29) is 30.2 Å². The lowest BCUT2D eigenvalue weighted by atomic mass is 9.96. The summed E-state index contributed by atoms with van der Waals surface area (Å²) in [6.07, 6.45) is 0.912. The molecule has 7 nitrogen and oxygen atoms in total. The third kappa shape index (κ3) is 3.95. The fourth-order valence-electron chi connectivity index (χ4n) is 3.56. The summed E-state index contributed by atoms with van der Waals surface area (Å²) >= 11 is 0. The van der Waals surface area contributed by atoms with Crippen molar-refractivity contribution in [1.82, 2.24) is 4.72 Å². The molecule has 29 heavy (non-hydrogen) atoms. The van der Waals surface area contributed by atoms with Gasteiger partial charge in [0.15, 0.2) is 0 Å².